The highest BCUT2D eigenvalue weighted by Gasteiger charge is 2.28. The first-order valence-corrected chi connectivity index (χ1v) is 8.20. The Morgan fingerprint density at radius 3 is 2.52 bits per heavy atom. The van der Waals surface area contributed by atoms with E-state index < -0.39 is 0 Å². The Morgan fingerprint density at radius 2 is 1.83 bits per heavy atom. The van der Waals surface area contributed by atoms with Gasteiger partial charge < -0.3 is 14.1 Å². The van der Waals surface area contributed by atoms with E-state index in [0.717, 1.165) is 0 Å². The smallest absolute Gasteiger partial charge is 0.289 e. The molecule has 1 saturated heterocycles. The van der Waals surface area contributed by atoms with E-state index in [1.807, 2.05) is 13.8 Å². The first-order valence-electron chi connectivity index (χ1n) is 7.44. The fraction of sp³-hybridized carbons (Fsp3) is 0.353. The third-order valence-corrected chi connectivity index (χ3v) is 4.56. The number of hydrogen-bond acceptors (Lipinski definition) is 3. The third kappa shape index (κ3) is 3.39. The fourth-order valence-corrected chi connectivity index (χ4v) is 3.18. The molecule has 4 nitrogen and oxygen atoms in total. The summed E-state index contributed by atoms with van der Waals surface area (Å²) < 4.78 is 11.4. The summed E-state index contributed by atoms with van der Waals surface area (Å²) in [7, 11) is 0. The van der Waals surface area contributed by atoms with Crippen LogP contribution >= 0.6 is 23.2 Å². The SMILES string of the molecule is CC1CN(C(=O)c2ccc(-c3cccc(Cl)c3Cl)o2)CC(C)O1. The van der Waals surface area contributed by atoms with Gasteiger partial charge in [-0.15, -0.1) is 0 Å². The van der Waals surface area contributed by atoms with Crippen molar-refractivity contribution >= 4 is 29.1 Å². The number of rotatable bonds is 2. The normalized spacial score (nSPS) is 21.5. The summed E-state index contributed by atoms with van der Waals surface area (Å²) in [6.45, 7) is 5.01. The number of morpholine rings is 1. The summed E-state index contributed by atoms with van der Waals surface area (Å²) in [5.41, 5.74) is 0.668. The maximum atomic E-state index is 12.6. The molecule has 3 rings (SSSR count). The first kappa shape index (κ1) is 16.4. The number of nitrogens with zero attached hydrogens (tertiary/aromatic N) is 1. The van der Waals surface area contributed by atoms with Gasteiger partial charge >= 0.3 is 0 Å². The second kappa shape index (κ2) is 6.56. The van der Waals surface area contributed by atoms with E-state index in [1.165, 1.54) is 0 Å². The highest BCUT2D eigenvalue weighted by Crippen LogP contribution is 2.34. The molecule has 0 bridgehead atoms. The van der Waals surface area contributed by atoms with Gasteiger partial charge in [-0.3, -0.25) is 4.79 Å². The van der Waals surface area contributed by atoms with Gasteiger partial charge in [-0.05, 0) is 38.1 Å². The molecular weight excluding hydrogens is 337 g/mol. The Kier molecular flexibility index (Phi) is 4.67. The number of amides is 1. The van der Waals surface area contributed by atoms with Crippen LogP contribution in [0.2, 0.25) is 10.0 Å². The molecule has 1 aliphatic rings. The van der Waals surface area contributed by atoms with E-state index >= 15 is 0 Å². The molecule has 1 aromatic heterocycles. The molecule has 0 saturated carbocycles. The molecule has 1 fully saturated rings. The Labute approximate surface area is 144 Å². The standard InChI is InChI=1S/C17H17Cl2NO3/c1-10-8-20(9-11(2)22-10)17(21)15-7-6-14(23-15)12-4-3-5-13(18)16(12)19/h3-7,10-11H,8-9H2,1-2H3. The highest BCUT2D eigenvalue weighted by atomic mass is 35.5. The lowest BCUT2D eigenvalue weighted by Gasteiger charge is -2.34. The summed E-state index contributed by atoms with van der Waals surface area (Å²) in [5.74, 6) is 0.670. The van der Waals surface area contributed by atoms with Crippen molar-refractivity contribution in [2.24, 2.45) is 0 Å². The van der Waals surface area contributed by atoms with Crippen molar-refractivity contribution < 1.29 is 13.9 Å². The van der Waals surface area contributed by atoms with Crippen molar-refractivity contribution in [1.29, 1.82) is 0 Å². The van der Waals surface area contributed by atoms with Crippen LogP contribution in [0.15, 0.2) is 34.7 Å². The van der Waals surface area contributed by atoms with Crippen molar-refractivity contribution in [1.82, 2.24) is 4.90 Å². The van der Waals surface area contributed by atoms with Crippen LogP contribution in [0.1, 0.15) is 24.4 Å². The Morgan fingerprint density at radius 1 is 1.13 bits per heavy atom. The summed E-state index contributed by atoms with van der Waals surface area (Å²) in [5, 5.41) is 0.861. The maximum Gasteiger partial charge on any atom is 0.289 e. The molecule has 6 heteroatoms. The van der Waals surface area contributed by atoms with Gasteiger partial charge in [0.25, 0.3) is 5.91 Å². The molecule has 1 aliphatic heterocycles. The maximum absolute atomic E-state index is 12.6. The summed E-state index contributed by atoms with van der Waals surface area (Å²) in [4.78, 5) is 14.4. The third-order valence-electron chi connectivity index (χ3n) is 3.74. The van der Waals surface area contributed by atoms with Crippen LogP contribution in [0.3, 0.4) is 0 Å². The predicted octanol–water partition coefficient (Wildman–Crippen LogP) is 4.50. The Bertz CT molecular complexity index is 718. The topological polar surface area (TPSA) is 42.7 Å². The molecule has 23 heavy (non-hydrogen) atoms. The number of furan rings is 1. The van der Waals surface area contributed by atoms with E-state index in [2.05, 4.69) is 0 Å². The number of benzene rings is 1. The zero-order valence-corrected chi connectivity index (χ0v) is 14.4. The van der Waals surface area contributed by atoms with Crippen LogP contribution in [0.25, 0.3) is 11.3 Å². The van der Waals surface area contributed by atoms with Gasteiger partial charge in [0, 0.05) is 18.7 Å². The predicted molar refractivity (Wildman–Crippen MR) is 90.1 cm³/mol. The van der Waals surface area contributed by atoms with E-state index in [-0.39, 0.29) is 23.9 Å². The molecule has 122 valence electrons. The van der Waals surface area contributed by atoms with Crippen molar-refractivity contribution in [2.75, 3.05) is 13.1 Å². The number of carbonyl (C=O) groups excluding carboxylic acids is 1. The van der Waals surface area contributed by atoms with Crippen LogP contribution in [0, 0.1) is 0 Å². The van der Waals surface area contributed by atoms with Crippen molar-refractivity contribution in [3.8, 4) is 11.3 Å². The zero-order valence-electron chi connectivity index (χ0n) is 12.9. The monoisotopic (exact) mass is 353 g/mol. The Balaban J connectivity index is 1.84. The fourth-order valence-electron chi connectivity index (χ4n) is 2.79. The highest BCUT2D eigenvalue weighted by molar-refractivity contribution is 6.43. The lowest BCUT2D eigenvalue weighted by atomic mass is 10.2. The van der Waals surface area contributed by atoms with Gasteiger partial charge in [0.15, 0.2) is 5.76 Å². The lowest BCUT2D eigenvalue weighted by molar-refractivity contribution is -0.0592. The van der Waals surface area contributed by atoms with Gasteiger partial charge in [-0.2, -0.15) is 0 Å². The lowest BCUT2D eigenvalue weighted by Crippen LogP contribution is -2.48. The molecule has 2 heterocycles. The van der Waals surface area contributed by atoms with Crippen LogP contribution in [0.4, 0.5) is 0 Å². The summed E-state index contributed by atoms with van der Waals surface area (Å²) in [6, 6.07) is 8.70. The first-order chi connectivity index (χ1) is 11.0. The zero-order chi connectivity index (χ0) is 16.6. The second-order valence-corrected chi connectivity index (χ2v) is 6.52. The minimum Gasteiger partial charge on any atom is -0.451 e. The molecule has 2 atom stereocenters. The average Bonchev–Trinajstić information content (AvgIpc) is 2.98. The summed E-state index contributed by atoms with van der Waals surface area (Å²) in [6.07, 6.45) is 0.0269. The molecule has 0 radical (unpaired) electrons. The van der Waals surface area contributed by atoms with Gasteiger partial charge in [0.05, 0.1) is 22.3 Å². The van der Waals surface area contributed by atoms with Gasteiger partial charge in [-0.1, -0.05) is 29.3 Å². The van der Waals surface area contributed by atoms with Crippen molar-refractivity contribution in [3.05, 3.63) is 46.1 Å². The van der Waals surface area contributed by atoms with Crippen molar-refractivity contribution in [2.45, 2.75) is 26.1 Å². The van der Waals surface area contributed by atoms with E-state index in [0.29, 0.717) is 34.5 Å². The minimum absolute atomic E-state index is 0.0134. The van der Waals surface area contributed by atoms with Gasteiger partial charge in [0.1, 0.15) is 5.76 Å². The largest absolute Gasteiger partial charge is 0.451 e. The molecule has 0 aliphatic carbocycles. The van der Waals surface area contributed by atoms with E-state index in [9.17, 15) is 4.79 Å². The van der Waals surface area contributed by atoms with Gasteiger partial charge in [0.2, 0.25) is 0 Å². The van der Waals surface area contributed by atoms with Gasteiger partial charge in [-0.25, -0.2) is 0 Å². The molecular formula is C17H17Cl2NO3. The van der Waals surface area contributed by atoms with Crippen LogP contribution < -0.4 is 0 Å². The van der Waals surface area contributed by atoms with Crippen LogP contribution in [-0.2, 0) is 4.74 Å². The average molecular weight is 354 g/mol. The molecule has 1 aromatic carbocycles. The van der Waals surface area contributed by atoms with E-state index in [4.69, 9.17) is 32.4 Å². The Hall–Kier alpha value is -1.49. The quantitative estimate of drug-likeness (QED) is 0.797. The number of carbonyl (C=O) groups is 1. The minimum atomic E-state index is -0.142. The summed E-state index contributed by atoms with van der Waals surface area (Å²) >= 11 is 12.2. The molecule has 2 aromatic rings. The van der Waals surface area contributed by atoms with Crippen LogP contribution in [0.5, 0.6) is 0 Å². The molecule has 0 spiro atoms. The second-order valence-electron chi connectivity index (χ2n) is 5.73. The number of ether oxygens (including phenoxy) is 1. The number of hydrogen-bond donors (Lipinski definition) is 0. The number of halogens is 2. The van der Waals surface area contributed by atoms with E-state index in [1.54, 1.807) is 35.2 Å². The van der Waals surface area contributed by atoms with Crippen molar-refractivity contribution in [3.63, 3.8) is 0 Å². The molecule has 0 N–H and O–H groups in total. The molecule has 2 unspecified atom stereocenters. The molecule has 1 amide bonds. The van der Waals surface area contributed by atoms with Crippen LogP contribution in [-0.4, -0.2) is 36.1 Å².